The number of allylic oxidation sites excluding steroid dienone is 5. The smallest absolute Gasteiger partial charge is 0.211 e. The molecule has 0 unspecified atom stereocenters. The molecule has 7 heteroatoms. The van der Waals surface area contributed by atoms with Crippen molar-refractivity contribution in [3.8, 4) is 0 Å². The zero-order valence-corrected chi connectivity index (χ0v) is 27.3. The number of amides is 1. The molecule has 0 atom stereocenters. The number of carbonyl (C=O) groups is 1. The molecule has 2 aromatic carbocycles. The molecule has 238 valence electrons. The molecule has 0 saturated carbocycles. The number of anilines is 3. The lowest BCUT2D eigenvalue weighted by molar-refractivity contribution is -0.105. The van der Waals surface area contributed by atoms with Crippen molar-refractivity contribution in [3.63, 3.8) is 0 Å². The molecule has 2 saturated heterocycles. The van der Waals surface area contributed by atoms with Gasteiger partial charge in [0, 0.05) is 62.4 Å². The quantitative estimate of drug-likeness (QED) is 0.113. The molecule has 0 aliphatic carbocycles. The number of hydrogen-bond donors (Lipinski definition) is 2. The fraction of sp³-hybridized carbons (Fsp3) is 0.405. The van der Waals surface area contributed by atoms with Gasteiger partial charge in [-0.05, 0) is 68.8 Å². The lowest BCUT2D eigenvalue weighted by Crippen LogP contribution is -2.47. The molecule has 0 spiro atoms. The summed E-state index contributed by atoms with van der Waals surface area (Å²) >= 11 is 0. The lowest BCUT2D eigenvalue weighted by Gasteiger charge is -2.39. The van der Waals surface area contributed by atoms with Gasteiger partial charge >= 0.3 is 0 Å². The van der Waals surface area contributed by atoms with Gasteiger partial charge in [0.1, 0.15) is 0 Å². The summed E-state index contributed by atoms with van der Waals surface area (Å²) in [6, 6.07) is 16.3. The standard InChI is InChI=1S/C19H29N3.C16H19N3O.C2H6/c1-18(17-20-11-7-2-3-8-12-20)21-13-15-22(16-14-21)19-9-5-4-6-10-19;1-3-4-5-6-7-8-11-18-19-16-10-9-15(17-13-20)12-14(16)2;1-2/h4-6,9-10H,1-3,7-8,11-17H2;3-7,9-13,19H,1,8H2,2H3,(H,17,20);1-2H3/b;5-4-,7-6-,18-11+;. The predicted octanol–water partition coefficient (Wildman–Crippen LogP) is 7.87. The summed E-state index contributed by atoms with van der Waals surface area (Å²) in [7, 11) is 0. The summed E-state index contributed by atoms with van der Waals surface area (Å²) in [5.74, 6) is 0. The zero-order chi connectivity index (χ0) is 31.8. The number of aryl methyl sites for hydroxylation is 1. The topological polar surface area (TPSA) is 63.2 Å². The molecular formula is C37H54N6O. The summed E-state index contributed by atoms with van der Waals surface area (Å²) in [6.07, 6.45) is 18.2. The van der Waals surface area contributed by atoms with Crippen LogP contribution in [0.4, 0.5) is 17.1 Å². The average molecular weight is 599 g/mol. The van der Waals surface area contributed by atoms with E-state index in [-0.39, 0.29) is 0 Å². The highest BCUT2D eigenvalue weighted by Gasteiger charge is 2.19. The van der Waals surface area contributed by atoms with Crippen LogP contribution in [-0.4, -0.2) is 68.2 Å². The normalized spacial score (nSPS) is 15.6. The SMILES string of the molecule is C=C(CN1CCCCCC1)N1CCN(c2ccccc2)CC1.C=C/C=C\C=C/C/C=N/Nc1ccc(NC=O)cc1C.CC. The van der Waals surface area contributed by atoms with Gasteiger partial charge in [-0.3, -0.25) is 15.1 Å². The molecule has 2 heterocycles. The van der Waals surface area contributed by atoms with Crippen molar-refractivity contribution >= 4 is 29.7 Å². The Morgan fingerprint density at radius 1 is 0.909 bits per heavy atom. The predicted molar refractivity (Wildman–Crippen MR) is 192 cm³/mol. The summed E-state index contributed by atoms with van der Waals surface area (Å²) in [4.78, 5) is 17.9. The van der Waals surface area contributed by atoms with Gasteiger partial charge in [0.25, 0.3) is 0 Å². The second-order valence-corrected chi connectivity index (χ2v) is 10.6. The first-order chi connectivity index (χ1) is 21.6. The van der Waals surface area contributed by atoms with Crippen LogP contribution in [0.25, 0.3) is 0 Å². The number of nitrogens with zero attached hydrogens (tertiary/aromatic N) is 4. The number of carbonyl (C=O) groups excluding carboxylic acids is 1. The van der Waals surface area contributed by atoms with E-state index in [1.54, 1.807) is 12.3 Å². The molecule has 0 aromatic heterocycles. The van der Waals surface area contributed by atoms with Crippen molar-refractivity contribution < 1.29 is 4.79 Å². The molecular weight excluding hydrogens is 544 g/mol. The van der Waals surface area contributed by atoms with Crippen LogP contribution in [0.2, 0.25) is 0 Å². The monoisotopic (exact) mass is 598 g/mol. The van der Waals surface area contributed by atoms with Gasteiger partial charge in [0.05, 0.1) is 5.69 Å². The third-order valence-corrected chi connectivity index (χ3v) is 7.42. The van der Waals surface area contributed by atoms with Crippen molar-refractivity contribution in [1.29, 1.82) is 0 Å². The number of piperazine rings is 1. The van der Waals surface area contributed by atoms with Gasteiger partial charge in [-0.2, -0.15) is 5.10 Å². The highest BCUT2D eigenvalue weighted by atomic mass is 16.1. The van der Waals surface area contributed by atoms with Crippen LogP contribution in [0, 0.1) is 6.92 Å². The Bertz CT molecular complexity index is 1170. The van der Waals surface area contributed by atoms with E-state index >= 15 is 0 Å². The first-order valence-corrected chi connectivity index (χ1v) is 16.1. The van der Waals surface area contributed by atoms with Gasteiger partial charge in [-0.15, -0.1) is 0 Å². The Morgan fingerprint density at radius 2 is 1.61 bits per heavy atom. The zero-order valence-electron chi connectivity index (χ0n) is 27.3. The van der Waals surface area contributed by atoms with Crippen LogP contribution in [-0.2, 0) is 4.79 Å². The minimum absolute atomic E-state index is 0.660. The first kappa shape index (κ1) is 36.1. The highest BCUT2D eigenvalue weighted by molar-refractivity contribution is 5.73. The molecule has 0 bridgehead atoms. The summed E-state index contributed by atoms with van der Waals surface area (Å²) in [6.45, 7) is 21.9. The summed E-state index contributed by atoms with van der Waals surface area (Å²) in [5.41, 5.74) is 8.32. The van der Waals surface area contributed by atoms with Gasteiger partial charge in [0.15, 0.2) is 0 Å². The molecule has 1 amide bonds. The molecule has 2 N–H and O–H groups in total. The molecule has 44 heavy (non-hydrogen) atoms. The summed E-state index contributed by atoms with van der Waals surface area (Å²) < 4.78 is 0. The number of rotatable bonds is 12. The van der Waals surface area contributed by atoms with Gasteiger partial charge in [-0.25, -0.2) is 0 Å². The second-order valence-electron chi connectivity index (χ2n) is 10.6. The Hall–Kier alpha value is -4.10. The van der Waals surface area contributed by atoms with Gasteiger partial charge in [0.2, 0.25) is 6.41 Å². The van der Waals surface area contributed by atoms with Crippen molar-refractivity contribution in [2.75, 3.05) is 61.5 Å². The van der Waals surface area contributed by atoms with Crippen molar-refractivity contribution in [1.82, 2.24) is 9.80 Å². The molecule has 2 fully saturated rings. The van der Waals surface area contributed by atoms with Crippen LogP contribution in [0.5, 0.6) is 0 Å². The van der Waals surface area contributed by atoms with Crippen molar-refractivity contribution in [3.05, 3.63) is 103 Å². The molecule has 7 nitrogen and oxygen atoms in total. The van der Waals surface area contributed by atoms with Crippen LogP contribution >= 0.6 is 0 Å². The number of para-hydroxylation sites is 1. The van der Waals surface area contributed by atoms with Crippen LogP contribution in [0.1, 0.15) is 51.5 Å². The Labute approximate surface area is 266 Å². The summed E-state index contributed by atoms with van der Waals surface area (Å²) in [5, 5.41) is 6.74. The van der Waals surface area contributed by atoms with Crippen LogP contribution < -0.4 is 15.6 Å². The molecule has 4 rings (SSSR count). The fourth-order valence-corrected chi connectivity index (χ4v) is 5.05. The number of benzene rings is 2. The second kappa shape index (κ2) is 22.4. The maximum absolute atomic E-state index is 10.3. The van der Waals surface area contributed by atoms with Gasteiger partial charge in [-0.1, -0.05) is 88.4 Å². The molecule has 2 aromatic rings. The minimum Gasteiger partial charge on any atom is -0.371 e. The van der Waals surface area contributed by atoms with Crippen molar-refractivity contribution in [2.24, 2.45) is 5.10 Å². The molecule has 0 radical (unpaired) electrons. The Kier molecular flexibility index (Phi) is 18.4. The van der Waals surface area contributed by atoms with E-state index in [4.69, 9.17) is 0 Å². The fourth-order valence-electron chi connectivity index (χ4n) is 5.05. The van der Waals surface area contributed by atoms with Crippen molar-refractivity contribution in [2.45, 2.75) is 52.9 Å². The lowest BCUT2D eigenvalue weighted by atomic mass is 10.2. The van der Waals surface area contributed by atoms with Crippen LogP contribution in [0.15, 0.2) is 103 Å². The Morgan fingerprint density at radius 3 is 2.25 bits per heavy atom. The maximum atomic E-state index is 10.3. The van der Waals surface area contributed by atoms with E-state index in [1.165, 1.54) is 50.2 Å². The Balaban J connectivity index is 0.000000292. The molecule has 2 aliphatic rings. The number of likely N-dealkylation sites (tertiary alicyclic amines) is 1. The minimum atomic E-state index is 0.660. The van der Waals surface area contributed by atoms with E-state index in [9.17, 15) is 4.79 Å². The van der Waals surface area contributed by atoms with E-state index < -0.39 is 0 Å². The van der Waals surface area contributed by atoms with E-state index in [0.717, 1.165) is 56.1 Å². The maximum Gasteiger partial charge on any atom is 0.211 e. The van der Waals surface area contributed by atoms with Gasteiger partial charge < -0.3 is 15.1 Å². The van der Waals surface area contributed by atoms with E-state index in [2.05, 4.69) is 74.0 Å². The third-order valence-electron chi connectivity index (χ3n) is 7.42. The van der Waals surface area contributed by atoms with E-state index in [0.29, 0.717) is 6.41 Å². The number of hydrogen-bond acceptors (Lipinski definition) is 6. The number of hydrazone groups is 1. The van der Waals surface area contributed by atoms with Crippen LogP contribution in [0.3, 0.4) is 0 Å². The number of nitrogens with one attached hydrogen (secondary N) is 2. The molecule has 2 aliphatic heterocycles. The largest absolute Gasteiger partial charge is 0.371 e. The average Bonchev–Trinajstić information content (AvgIpc) is 3.34. The first-order valence-electron chi connectivity index (χ1n) is 16.1. The third kappa shape index (κ3) is 13.9. The highest BCUT2D eigenvalue weighted by Crippen LogP contribution is 2.20. The van der Waals surface area contributed by atoms with E-state index in [1.807, 2.05) is 63.3 Å².